The van der Waals surface area contributed by atoms with Gasteiger partial charge < -0.3 is 9.88 Å². The third-order valence-electron chi connectivity index (χ3n) is 5.50. The number of nitrogens with one attached hydrogen (secondary N) is 1. The summed E-state index contributed by atoms with van der Waals surface area (Å²) in [6, 6.07) is 4.92. The van der Waals surface area contributed by atoms with Crippen LogP contribution in [0.25, 0.3) is 0 Å². The van der Waals surface area contributed by atoms with Crippen molar-refractivity contribution in [3.8, 4) is 0 Å². The van der Waals surface area contributed by atoms with Gasteiger partial charge in [-0.15, -0.1) is 21.5 Å². The summed E-state index contributed by atoms with van der Waals surface area (Å²) in [6.45, 7) is 6.53. The van der Waals surface area contributed by atoms with Crippen molar-refractivity contribution < 1.29 is 4.79 Å². The number of hydrogen-bond acceptors (Lipinski definition) is 5. The van der Waals surface area contributed by atoms with Crippen molar-refractivity contribution >= 4 is 29.0 Å². The van der Waals surface area contributed by atoms with E-state index in [0.717, 1.165) is 30.2 Å². The van der Waals surface area contributed by atoms with Crippen LogP contribution in [0.1, 0.15) is 82.5 Å². The van der Waals surface area contributed by atoms with E-state index in [1.165, 1.54) is 48.7 Å². The molecule has 0 aromatic carbocycles. The molecule has 1 N–H and O–H groups in total. The van der Waals surface area contributed by atoms with Gasteiger partial charge in [0.15, 0.2) is 5.16 Å². The summed E-state index contributed by atoms with van der Waals surface area (Å²) in [6.07, 6.45) is 9.19. The largest absolute Gasteiger partial charge is 0.353 e. The lowest BCUT2D eigenvalue weighted by atomic mass is 9.95. The summed E-state index contributed by atoms with van der Waals surface area (Å²) in [5.74, 6) is 2.19. The summed E-state index contributed by atoms with van der Waals surface area (Å²) in [4.78, 5) is 13.7. The lowest BCUT2D eigenvalue weighted by Crippen LogP contribution is -2.34. The first-order valence-electron chi connectivity index (χ1n) is 10.9. The fraction of sp³-hybridized carbons (Fsp3) is 0.682. The van der Waals surface area contributed by atoms with Crippen LogP contribution in [0.15, 0.2) is 22.7 Å². The molecule has 1 fully saturated rings. The van der Waals surface area contributed by atoms with Gasteiger partial charge >= 0.3 is 0 Å². The first-order chi connectivity index (χ1) is 14.0. The zero-order valence-electron chi connectivity index (χ0n) is 17.9. The second-order valence-corrected chi connectivity index (χ2v) is 10.5. The number of carbonyl (C=O) groups excluding carboxylic acids is 1. The fourth-order valence-electron chi connectivity index (χ4n) is 3.90. The molecule has 2 aromatic rings. The summed E-state index contributed by atoms with van der Waals surface area (Å²) < 4.78 is 2.33. The van der Waals surface area contributed by atoms with Crippen molar-refractivity contribution in [2.45, 2.75) is 89.4 Å². The van der Waals surface area contributed by atoms with Crippen LogP contribution in [0, 0.1) is 5.92 Å². The molecule has 3 rings (SSSR count). The summed E-state index contributed by atoms with van der Waals surface area (Å²) in [5.41, 5.74) is 0. The van der Waals surface area contributed by atoms with E-state index in [2.05, 4.69) is 58.4 Å². The van der Waals surface area contributed by atoms with Gasteiger partial charge in [-0.3, -0.25) is 4.79 Å². The second kappa shape index (κ2) is 11.2. The minimum Gasteiger partial charge on any atom is -0.353 e. The van der Waals surface area contributed by atoms with Crippen LogP contribution in [-0.4, -0.2) is 32.5 Å². The normalized spacial score (nSPS) is 16.3. The Morgan fingerprint density at radius 2 is 2.03 bits per heavy atom. The lowest BCUT2D eigenvalue weighted by molar-refractivity contribution is -0.119. The number of nitrogens with zero attached hydrogens (tertiary/aromatic N) is 3. The highest BCUT2D eigenvalue weighted by atomic mass is 32.2. The van der Waals surface area contributed by atoms with Crippen LogP contribution in [0.2, 0.25) is 0 Å². The van der Waals surface area contributed by atoms with Gasteiger partial charge in [-0.2, -0.15) is 0 Å². The third-order valence-corrected chi connectivity index (χ3v) is 7.32. The van der Waals surface area contributed by atoms with E-state index >= 15 is 0 Å². The van der Waals surface area contributed by atoms with Crippen molar-refractivity contribution in [2.24, 2.45) is 5.92 Å². The number of aromatic nitrogens is 3. The van der Waals surface area contributed by atoms with E-state index in [9.17, 15) is 4.79 Å². The average Bonchev–Trinajstić information content (AvgIpc) is 3.35. The topological polar surface area (TPSA) is 59.8 Å². The number of hydrogen-bond donors (Lipinski definition) is 1. The molecule has 0 spiro atoms. The minimum atomic E-state index is 0.0873. The van der Waals surface area contributed by atoms with Crippen molar-refractivity contribution in [2.75, 3.05) is 5.75 Å². The van der Waals surface area contributed by atoms with Crippen LogP contribution in [-0.2, 0) is 11.2 Å². The molecular weight excluding hydrogens is 400 g/mol. The molecule has 0 bridgehead atoms. The predicted octanol–water partition coefficient (Wildman–Crippen LogP) is 5.47. The summed E-state index contributed by atoms with van der Waals surface area (Å²) in [5, 5.41) is 15.1. The molecule has 1 amide bonds. The monoisotopic (exact) mass is 434 g/mol. The standard InChI is InChI=1S/C22H34N4OS2/c1-16(2)11-12-17(3)23-21(27)15-29-22-25-24-20(14-19-10-7-13-28-19)26(22)18-8-5-4-6-9-18/h7,10,13,16-18H,4-6,8-9,11-12,14-15H2,1-3H3,(H,23,27). The number of thioether (sulfide) groups is 1. The van der Waals surface area contributed by atoms with Crippen LogP contribution in [0.3, 0.4) is 0 Å². The van der Waals surface area contributed by atoms with E-state index in [1.807, 2.05) is 0 Å². The number of carbonyl (C=O) groups is 1. The molecular formula is C22H34N4OS2. The highest BCUT2D eigenvalue weighted by molar-refractivity contribution is 7.99. The van der Waals surface area contributed by atoms with Gasteiger partial charge in [-0.25, -0.2) is 0 Å². The van der Waals surface area contributed by atoms with Crippen molar-refractivity contribution in [3.63, 3.8) is 0 Å². The number of thiophene rings is 1. The maximum absolute atomic E-state index is 12.4. The van der Waals surface area contributed by atoms with Gasteiger partial charge in [0, 0.05) is 23.4 Å². The molecule has 0 radical (unpaired) electrons. The quantitative estimate of drug-likeness (QED) is 0.504. The minimum absolute atomic E-state index is 0.0873. The van der Waals surface area contributed by atoms with Crippen LogP contribution in [0.5, 0.6) is 0 Å². The van der Waals surface area contributed by atoms with E-state index in [4.69, 9.17) is 0 Å². The zero-order chi connectivity index (χ0) is 20.6. The highest BCUT2D eigenvalue weighted by Gasteiger charge is 2.24. The SMILES string of the molecule is CC(C)CCC(C)NC(=O)CSc1nnc(Cc2cccs2)n1C1CCCCC1. The van der Waals surface area contributed by atoms with E-state index < -0.39 is 0 Å². The molecule has 1 saturated carbocycles. The molecule has 29 heavy (non-hydrogen) atoms. The maximum atomic E-state index is 12.4. The van der Waals surface area contributed by atoms with E-state index in [1.54, 1.807) is 11.3 Å². The van der Waals surface area contributed by atoms with Gasteiger partial charge in [-0.05, 0) is 50.0 Å². The molecule has 160 valence electrons. The Kier molecular flexibility index (Phi) is 8.60. The van der Waals surface area contributed by atoms with Crippen LogP contribution >= 0.6 is 23.1 Å². The molecule has 2 heterocycles. The zero-order valence-corrected chi connectivity index (χ0v) is 19.5. The predicted molar refractivity (Wildman–Crippen MR) is 122 cm³/mol. The Morgan fingerprint density at radius 3 is 2.72 bits per heavy atom. The average molecular weight is 435 g/mol. The summed E-state index contributed by atoms with van der Waals surface area (Å²) >= 11 is 3.29. The molecule has 2 aromatic heterocycles. The third kappa shape index (κ3) is 6.85. The fourth-order valence-corrected chi connectivity index (χ4v) is 5.44. The number of rotatable bonds is 10. The maximum Gasteiger partial charge on any atom is 0.230 e. The van der Waals surface area contributed by atoms with Gasteiger partial charge in [0.25, 0.3) is 0 Å². The Labute approximate surface area is 183 Å². The van der Waals surface area contributed by atoms with Crippen molar-refractivity contribution in [1.29, 1.82) is 0 Å². The first kappa shape index (κ1) is 22.3. The Balaban J connectivity index is 1.63. The molecule has 5 nitrogen and oxygen atoms in total. The summed E-state index contributed by atoms with van der Waals surface area (Å²) in [7, 11) is 0. The molecule has 1 aliphatic rings. The molecule has 7 heteroatoms. The second-order valence-electron chi connectivity index (χ2n) is 8.55. The molecule has 1 unspecified atom stereocenters. The first-order valence-corrected chi connectivity index (χ1v) is 12.8. The van der Waals surface area contributed by atoms with Gasteiger partial charge in [-0.1, -0.05) is 50.9 Å². The smallest absolute Gasteiger partial charge is 0.230 e. The van der Waals surface area contributed by atoms with E-state index in [-0.39, 0.29) is 11.9 Å². The Hall–Kier alpha value is -1.34. The Bertz CT molecular complexity index is 751. The molecule has 1 aliphatic carbocycles. The lowest BCUT2D eigenvalue weighted by Gasteiger charge is -2.25. The molecule has 0 saturated heterocycles. The number of amides is 1. The molecule has 0 aliphatic heterocycles. The van der Waals surface area contributed by atoms with Crippen molar-refractivity contribution in [3.05, 3.63) is 28.2 Å². The van der Waals surface area contributed by atoms with Gasteiger partial charge in [0.1, 0.15) is 5.82 Å². The molecule has 1 atom stereocenters. The Morgan fingerprint density at radius 1 is 1.24 bits per heavy atom. The van der Waals surface area contributed by atoms with E-state index in [0.29, 0.717) is 17.7 Å². The van der Waals surface area contributed by atoms with Gasteiger partial charge in [0.2, 0.25) is 5.91 Å². The van der Waals surface area contributed by atoms with Gasteiger partial charge in [0.05, 0.1) is 5.75 Å². The van der Waals surface area contributed by atoms with Crippen LogP contribution in [0.4, 0.5) is 0 Å². The van der Waals surface area contributed by atoms with Crippen LogP contribution < -0.4 is 5.32 Å². The van der Waals surface area contributed by atoms with Crippen molar-refractivity contribution in [1.82, 2.24) is 20.1 Å². The highest BCUT2D eigenvalue weighted by Crippen LogP contribution is 2.33.